The summed E-state index contributed by atoms with van der Waals surface area (Å²) in [5.74, 6) is -0.763. The molecule has 3 aromatic rings. The van der Waals surface area contributed by atoms with Crippen LogP contribution in [0.25, 0.3) is 11.1 Å². The van der Waals surface area contributed by atoms with Crippen LogP contribution >= 0.6 is 0 Å². The normalized spacial score (nSPS) is 13.6. The van der Waals surface area contributed by atoms with Gasteiger partial charge < -0.3 is 10.1 Å². The van der Waals surface area contributed by atoms with E-state index in [1.54, 1.807) is 13.1 Å². The number of anilines is 1. The van der Waals surface area contributed by atoms with Gasteiger partial charge in [0.2, 0.25) is 5.91 Å². The molecule has 1 N–H and O–H groups in total. The zero-order valence-corrected chi connectivity index (χ0v) is 18.4. The first kappa shape index (κ1) is 22.5. The van der Waals surface area contributed by atoms with Gasteiger partial charge in [-0.15, -0.1) is 0 Å². The van der Waals surface area contributed by atoms with Gasteiger partial charge in [0.15, 0.2) is 0 Å². The number of pyridine rings is 1. The molecule has 0 radical (unpaired) electrons. The molecule has 1 amide bonds. The van der Waals surface area contributed by atoms with Crippen LogP contribution in [0, 0.1) is 13.8 Å². The van der Waals surface area contributed by atoms with Gasteiger partial charge >= 0.3 is 6.18 Å². The van der Waals surface area contributed by atoms with Gasteiger partial charge in [-0.05, 0) is 55.7 Å². The molecule has 2 aromatic carbocycles. The molecule has 4 rings (SSSR count). The van der Waals surface area contributed by atoms with E-state index < -0.39 is 17.6 Å². The molecule has 1 aromatic heterocycles. The summed E-state index contributed by atoms with van der Waals surface area (Å²) in [5, 5.41) is 2.55. The van der Waals surface area contributed by atoms with E-state index in [9.17, 15) is 18.0 Å². The first-order valence-electron chi connectivity index (χ1n) is 10.4. The van der Waals surface area contributed by atoms with Crippen molar-refractivity contribution in [2.75, 3.05) is 11.9 Å². The maximum absolute atomic E-state index is 13.5. The van der Waals surface area contributed by atoms with Crippen molar-refractivity contribution in [3.05, 3.63) is 71.0 Å². The van der Waals surface area contributed by atoms with E-state index in [0.717, 1.165) is 28.5 Å². The third kappa shape index (κ3) is 4.74. The van der Waals surface area contributed by atoms with E-state index >= 15 is 0 Å². The van der Waals surface area contributed by atoms with Crippen molar-refractivity contribution in [1.29, 1.82) is 0 Å². The van der Waals surface area contributed by atoms with Crippen molar-refractivity contribution in [1.82, 2.24) is 4.98 Å². The Morgan fingerprint density at radius 1 is 1.09 bits per heavy atom. The standard InChI is InChI=1S/C25H22F3N3O2/c1-4-33-23-11-22-21(10-19(23)25(26,27)28)31-24(32)12-20(30-22)17-7-5-6-16(9-17)18-13-29-15(3)8-14(18)2/h5-11,13H,4,12H2,1-3H3,(H,31,32). The molecule has 1 aliphatic rings. The number of nitrogens with one attached hydrogen (secondary N) is 1. The van der Waals surface area contributed by atoms with Gasteiger partial charge in [-0.3, -0.25) is 9.78 Å². The van der Waals surface area contributed by atoms with Gasteiger partial charge in [-0.1, -0.05) is 18.2 Å². The number of amides is 1. The van der Waals surface area contributed by atoms with Crippen LogP contribution in [-0.2, 0) is 11.0 Å². The van der Waals surface area contributed by atoms with Crippen LogP contribution in [0.4, 0.5) is 24.5 Å². The monoisotopic (exact) mass is 453 g/mol. The number of hydrogen-bond acceptors (Lipinski definition) is 4. The summed E-state index contributed by atoms with van der Waals surface area (Å²) in [5.41, 5.74) is 4.25. The van der Waals surface area contributed by atoms with Crippen LogP contribution in [0.2, 0.25) is 0 Å². The van der Waals surface area contributed by atoms with Gasteiger partial charge in [0.25, 0.3) is 0 Å². The van der Waals surface area contributed by atoms with Crippen molar-refractivity contribution in [3.8, 4) is 16.9 Å². The summed E-state index contributed by atoms with van der Waals surface area (Å²) < 4.78 is 45.8. The van der Waals surface area contributed by atoms with Gasteiger partial charge in [0.05, 0.1) is 35.7 Å². The molecule has 1 aliphatic heterocycles. The Hall–Kier alpha value is -3.68. The van der Waals surface area contributed by atoms with Crippen LogP contribution in [0.15, 0.2) is 53.7 Å². The van der Waals surface area contributed by atoms with E-state index in [2.05, 4.69) is 15.3 Å². The lowest BCUT2D eigenvalue weighted by Gasteiger charge is -2.16. The molecule has 0 saturated carbocycles. The SMILES string of the molecule is CCOc1cc2c(cc1C(F)(F)F)NC(=O)CC(c1cccc(-c3cnc(C)cc3C)c1)=N2. The first-order chi connectivity index (χ1) is 15.7. The number of carbonyl (C=O) groups excluding carboxylic acids is 1. The van der Waals surface area contributed by atoms with E-state index in [1.165, 1.54) is 6.07 Å². The van der Waals surface area contributed by atoms with E-state index in [0.29, 0.717) is 11.3 Å². The summed E-state index contributed by atoms with van der Waals surface area (Å²) in [4.78, 5) is 21.5. The molecule has 170 valence electrons. The zero-order chi connectivity index (χ0) is 23.8. The topological polar surface area (TPSA) is 63.6 Å². The fourth-order valence-corrected chi connectivity index (χ4v) is 3.82. The number of aromatic nitrogens is 1. The van der Waals surface area contributed by atoms with Crippen LogP contribution in [0.5, 0.6) is 5.75 Å². The summed E-state index contributed by atoms with van der Waals surface area (Å²) in [6.45, 7) is 5.59. The van der Waals surface area contributed by atoms with Crippen molar-refractivity contribution in [3.63, 3.8) is 0 Å². The quantitative estimate of drug-likeness (QED) is 0.508. The van der Waals surface area contributed by atoms with Crippen LogP contribution < -0.4 is 10.1 Å². The van der Waals surface area contributed by atoms with E-state index in [1.807, 2.05) is 44.2 Å². The predicted octanol–water partition coefficient (Wildman–Crippen LogP) is 6.25. The number of fused-ring (bicyclic) bond motifs is 1. The minimum absolute atomic E-state index is 0.000474. The number of rotatable bonds is 4. The van der Waals surface area contributed by atoms with Crippen LogP contribution in [0.1, 0.15) is 35.7 Å². The number of ether oxygens (including phenoxy) is 1. The summed E-state index contributed by atoms with van der Waals surface area (Å²) in [7, 11) is 0. The second-order valence-electron chi connectivity index (χ2n) is 7.80. The Labute approximate surface area is 189 Å². The van der Waals surface area contributed by atoms with Crippen LogP contribution in [0.3, 0.4) is 0 Å². The molecule has 0 bridgehead atoms. The lowest BCUT2D eigenvalue weighted by molar-refractivity contribution is -0.138. The Morgan fingerprint density at radius 2 is 1.85 bits per heavy atom. The molecule has 0 aliphatic carbocycles. The Balaban J connectivity index is 1.82. The molecule has 2 heterocycles. The van der Waals surface area contributed by atoms with Gasteiger partial charge in [0.1, 0.15) is 5.75 Å². The fraction of sp³-hybridized carbons (Fsp3) is 0.240. The maximum atomic E-state index is 13.5. The molecule has 0 saturated heterocycles. The van der Waals surface area contributed by atoms with Crippen molar-refractivity contribution < 1.29 is 22.7 Å². The van der Waals surface area contributed by atoms with Gasteiger partial charge in [-0.25, -0.2) is 4.99 Å². The van der Waals surface area contributed by atoms with Gasteiger partial charge in [0, 0.05) is 23.5 Å². The molecular formula is C25H22F3N3O2. The fourth-order valence-electron chi connectivity index (χ4n) is 3.82. The third-order valence-electron chi connectivity index (χ3n) is 5.31. The largest absolute Gasteiger partial charge is 0.493 e. The minimum Gasteiger partial charge on any atom is -0.493 e. The lowest BCUT2D eigenvalue weighted by Crippen LogP contribution is -2.15. The lowest BCUT2D eigenvalue weighted by atomic mass is 9.98. The smallest absolute Gasteiger partial charge is 0.420 e. The van der Waals surface area contributed by atoms with Crippen molar-refractivity contribution >= 4 is 23.0 Å². The average Bonchev–Trinajstić information content (AvgIpc) is 2.90. The Kier molecular flexibility index (Phi) is 5.93. The molecule has 0 atom stereocenters. The molecule has 0 spiro atoms. The Bertz CT molecular complexity index is 1270. The van der Waals surface area contributed by atoms with E-state index in [4.69, 9.17) is 4.74 Å². The maximum Gasteiger partial charge on any atom is 0.420 e. The number of benzene rings is 2. The van der Waals surface area contributed by atoms with Crippen molar-refractivity contribution in [2.45, 2.75) is 33.4 Å². The molecule has 5 nitrogen and oxygen atoms in total. The highest BCUT2D eigenvalue weighted by Crippen LogP contribution is 2.43. The summed E-state index contributed by atoms with van der Waals surface area (Å²) >= 11 is 0. The first-order valence-corrected chi connectivity index (χ1v) is 10.4. The van der Waals surface area contributed by atoms with E-state index in [-0.39, 0.29) is 30.2 Å². The average molecular weight is 453 g/mol. The number of nitrogens with zero attached hydrogens (tertiary/aromatic N) is 2. The second-order valence-corrected chi connectivity index (χ2v) is 7.80. The second kappa shape index (κ2) is 8.69. The van der Waals surface area contributed by atoms with Gasteiger partial charge in [-0.2, -0.15) is 13.2 Å². The highest BCUT2D eigenvalue weighted by atomic mass is 19.4. The highest BCUT2D eigenvalue weighted by molar-refractivity contribution is 6.17. The zero-order valence-electron chi connectivity index (χ0n) is 18.4. The van der Waals surface area contributed by atoms with Crippen molar-refractivity contribution in [2.24, 2.45) is 4.99 Å². The molecule has 0 fully saturated rings. The number of alkyl halides is 3. The predicted molar refractivity (Wildman–Crippen MR) is 121 cm³/mol. The number of hydrogen-bond donors (Lipinski definition) is 1. The Morgan fingerprint density at radius 3 is 2.55 bits per heavy atom. The summed E-state index contributed by atoms with van der Waals surface area (Å²) in [6.07, 6.45) is -2.90. The van der Waals surface area contributed by atoms with Crippen LogP contribution in [-0.4, -0.2) is 23.2 Å². The number of aryl methyl sites for hydroxylation is 2. The summed E-state index contributed by atoms with van der Waals surface area (Å²) in [6, 6.07) is 11.6. The molecular weight excluding hydrogens is 431 g/mol. The number of carbonyl (C=O) groups is 1. The molecule has 0 unspecified atom stereocenters. The molecule has 33 heavy (non-hydrogen) atoms. The number of aliphatic imine (C=N–C) groups is 1. The number of halogens is 3. The molecule has 8 heteroatoms. The highest BCUT2D eigenvalue weighted by Gasteiger charge is 2.36. The minimum atomic E-state index is -4.63. The third-order valence-corrected chi connectivity index (χ3v) is 5.31.